The van der Waals surface area contributed by atoms with Crippen molar-refractivity contribution in [1.29, 1.82) is 0 Å². The molecule has 0 aromatic carbocycles. The summed E-state index contributed by atoms with van der Waals surface area (Å²) in [6.07, 6.45) is 9.48. The Balaban J connectivity index is 2.82. The van der Waals surface area contributed by atoms with E-state index in [1.807, 2.05) is 0 Å². The van der Waals surface area contributed by atoms with E-state index in [0.29, 0.717) is 17.3 Å². The van der Waals surface area contributed by atoms with Crippen molar-refractivity contribution in [2.75, 3.05) is 0 Å². The van der Waals surface area contributed by atoms with Crippen molar-refractivity contribution < 1.29 is 0 Å². The van der Waals surface area contributed by atoms with Crippen LogP contribution in [0.5, 0.6) is 0 Å². The van der Waals surface area contributed by atoms with Gasteiger partial charge in [-0.25, -0.2) is 0 Å². The third-order valence-electron chi connectivity index (χ3n) is 3.84. The molecule has 0 radical (unpaired) electrons. The highest BCUT2D eigenvalue weighted by molar-refractivity contribution is 5.06. The van der Waals surface area contributed by atoms with Gasteiger partial charge in [-0.1, -0.05) is 32.4 Å². The molecule has 74 valence electrons. The molecule has 0 aromatic rings. The first-order chi connectivity index (χ1) is 6.19. The van der Waals surface area contributed by atoms with E-state index in [1.165, 1.54) is 25.7 Å². The number of allylic oxidation sites excluding steroid dienone is 2. The normalized spacial score (nSPS) is 38.9. The number of hydrogen-bond donors (Lipinski definition) is 0. The van der Waals surface area contributed by atoms with E-state index in [2.05, 4.69) is 39.2 Å². The maximum Gasteiger partial charge on any atom is -0.0176 e. The van der Waals surface area contributed by atoms with Crippen LogP contribution in [0.2, 0.25) is 0 Å². The number of hydrogen-bond acceptors (Lipinski definition) is 0. The molecule has 0 N–H and O–H groups in total. The Hall–Kier alpha value is -0.520. The minimum Gasteiger partial charge on any atom is -0.103 e. The molecule has 0 aliphatic heterocycles. The van der Waals surface area contributed by atoms with Gasteiger partial charge < -0.3 is 0 Å². The van der Waals surface area contributed by atoms with E-state index in [-0.39, 0.29) is 0 Å². The lowest BCUT2D eigenvalue weighted by Gasteiger charge is -2.34. The maximum absolute atomic E-state index is 3.95. The molecular weight excluding hydrogens is 156 g/mol. The van der Waals surface area contributed by atoms with Gasteiger partial charge in [0.1, 0.15) is 0 Å². The quantitative estimate of drug-likeness (QED) is 0.566. The van der Waals surface area contributed by atoms with Crippen LogP contribution in [0.15, 0.2) is 25.3 Å². The average molecular weight is 178 g/mol. The largest absolute Gasteiger partial charge is 0.103 e. The van der Waals surface area contributed by atoms with Crippen LogP contribution >= 0.6 is 0 Å². The van der Waals surface area contributed by atoms with Crippen LogP contribution in [0, 0.1) is 17.3 Å². The fourth-order valence-electron chi connectivity index (χ4n) is 2.98. The summed E-state index contributed by atoms with van der Waals surface area (Å²) < 4.78 is 0. The molecule has 13 heavy (non-hydrogen) atoms. The highest BCUT2D eigenvalue weighted by Gasteiger charge is 2.42. The van der Waals surface area contributed by atoms with Gasteiger partial charge in [-0.2, -0.15) is 0 Å². The summed E-state index contributed by atoms with van der Waals surface area (Å²) in [5, 5.41) is 0. The molecule has 0 amide bonds. The lowest BCUT2D eigenvalue weighted by Crippen LogP contribution is -2.26. The minimum atomic E-state index is 0.443. The average Bonchev–Trinajstić information content (AvgIpc) is 2.42. The van der Waals surface area contributed by atoms with Crippen LogP contribution in [0.25, 0.3) is 0 Å². The van der Waals surface area contributed by atoms with Crippen LogP contribution in [-0.2, 0) is 0 Å². The van der Waals surface area contributed by atoms with E-state index in [0.717, 1.165) is 0 Å². The second-order valence-electron chi connectivity index (χ2n) is 4.52. The zero-order valence-corrected chi connectivity index (χ0v) is 9.05. The zero-order chi connectivity index (χ0) is 9.90. The SMILES string of the molecule is C=C[C@@H]1CC[C@H](C=C)C1(C)CCC. The van der Waals surface area contributed by atoms with E-state index in [1.54, 1.807) is 0 Å². The lowest BCUT2D eigenvalue weighted by atomic mass is 9.71. The molecule has 1 rings (SSSR count). The molecule has 0 heterocycles. The van der Waals surface area contributed by atoms with Crippen molar-refractivity contribution in [2.45, 2.75) is 39.5 Å². The molecule has 1 aliphatic carbocycles. The molecule has 0 saturated heterocycles. The Morgan fingerprint density at radius 2 is 1.69 bits per heavy atom. The van der Waals surface area contributed by atoms with Gasteiger partial charge in [0.05, 0.1) is 0 Å². The van der Waals surface area contributed by atoms with Crippen molar-refractivity contribution >= 4 is 0 Å². The fraction of sp³-hybridized carbons (Fsp3) is 0.692. The summed E-state index contributed by atoms with van der Waals surface area (Å²) in [7, 11) is 0. The van der Waals surface area contributed by atoms with Gasteiger partial charge in [-0.3, -0.25) is 0 Å². The summed E-state index contributed by atoms with van der Waals surface area (Å²) in [6.45, 7) is 12.6. The topological polar surface area (TPSA) is 0 Å². The van der Waals surface area contributed by atoms with Crippen molar-refractivity contribution in [3.8, 4) is 0 Å². The molecule has 0 heteroatoms. The highest BCUT2D eigenvalue weighted by atomic mass is 14.5. The lowest BCUT2D eigenvalue weighted by molar-refractivity contribution is 0.199. The van der Waals surface area contributed by atoms with Gasteiger partial charge in [0.25, 0.3) is 0 Å². The monoisotopic (exact) mass is 178 g/mol. The second-order valence-corrected chi connectivity index (χ2v) is 4.52. The van der Waals surface area contributed by atoms with Crippen molar-refractivity contribution in [3.63, 3.8) is 0 Å². The molecular formula is C13H22. The molecule has 1 aliphatic rings. The van der Waals surface area contributed by atoms with E-state index in [4.69, 9.17) is 0 Å². The van der Waals surface area contributed by atoms with Crippen molar-refractivity contribution in [3.05, 3.63) is 25.3 Å². The molecule has 0 spiro atoms. The van der Waals surface area contributed by atoms with E-state index in [9.17, 15) is 0 Å². The maximum atomic E-state index is 3.95. The first-order valence-corrected chi connectivity index (χ1v) is 5.44. The van der Waals surface area contributed by atoms with Crippen LogP contribution in [0.4, 0.5) is 0 Å². The molecule has 0 aromatic heterocycles. The second kappa shape index (κ2) is 4.13. The molecule has 0 nitrogen and oxygen atoms in total. The first-order valence-electron chi connectivity index (χ1n) is 5.44. The number of rotatable bonds is 4. The van der Waals surface area contributed by atoms with Gasteiger partial charge in [-0.05, 0) is 36.5 Å². The smallest absolute Gasteiger partial charge is 0.0176 e. The van der Waals surface area contributed by atoms with Crippen LogP contribution in [0.3, 0.4) is 0 Å². The Labute approximate surface area is 82.7 Å². The third-order valence-corrected chi connectivity index (χ3v) is 3.84. The van der Waals surface area contributed by atoms with Gasteiger partial charge in [0, 0.05) is 0 Å². The fourth-order valence-corrected chi connectivity index (χ4v) is 2.98. The minimum absolute atomic E-state index is 0.443. The molecule has 1 unspecified atom stereocenters. The third kappa shape index (κ3) is 1.72. The summed E-state index contributed by atoms with van der Waals surface area (Å²) in [5.74, 6) is 1.41. The Kier molecular flexibility index (Phi) is 3.35. The van der Waals surface area contributed by atoms with Crippen LogP contribution in [-0.4, -0.2) is 0 Å². The summed E-state index contributed by atoms with van der Waals surface area (Å²) in [6, 6.07) is 0. The summed E-state index contributed by atoms with van der Waals surface area (Å²) in [4.78, 5) is 0. The van der Waals surface area contributed by atoms with Gasteiger partial charge in [0.15, 0.2) is 0 Å². The van der Waals surface area contributed by atoms with Crippen molar-refractivity contribution in [1.82, 2.24) is 0 Å². The Morgan fingerprint density at radius 3 is 2.00 bits per heavy atom. The molecule has 3 atom stereocenters. The molecule has 1 saturated carbocycles. The van der Waals surface area contributed by atoms with Crippen LogP contribution < -0.4 is 0 Å². The standard InChI is InChI=1S/C13H22/c1-5-10-13(4)11(6-2)8-9-12(13)7-3/h6-7,11-12H,2-3,5,8-10H2,1,4H3/t11-,12+,13?. The molecule has 1 fully saturated rings. The van der Waals surface area contributed by atoms with E-state index < -0.39 is 0 Å². The van der Waals surface area contributed by atoms with E-state index >= 15 is 0 Å². The highest BCUT2D eigenvalue weighted by Crippen LogP contribution is 2.51. The van der Waals surface area contributed by atoms with Gasteiger partial charge in [-0.15, -0.1) is 13.2 Å². The Bertz CT molecular complexity index is 174. The predicted molar refractivity (Wildman–Crippen MR) is 59.6 cm³/mol. The first kappa shape index (κ1) is 10.6. The van der Waals surface area contributed by atoms with Crippen LogP contribution in [0.1, 0.15) is 39.5 Å². The van der Waals surface area contributed by atoms with Gasteiger partial charge in [0.2, 0.25) is 0 Å². The summed E-state index contributed by atoms with van der Waals surface area (Å²) >= 11 is 0. The Morgan fingerprint density at radius 1 is 1.23 bits per heavy atom. The van der Waals surface area contributed by atoms with Crippen molar-refractivity contribution in [2.24, 2.45) is 17.3 Å². The molecule has 0 bridgehead atoms. The van der Waals surface area contributed by atoms with Gasteiger partial charge >= 0.3 is 0 Å². The summed E-state index contributed by atoms with van der Waals surface area (Å²) in [5.41, 5.74) is 0.443. The zero-order valence-electron chi connectivity index (χ0n) is 9.05. The predicted octanol–water partition coefficient (Wildman–Crippen LogP) is 4.19.